The maximum atomic E-state index is 13.9. The third-order valence-corrected chi connectivity index (χ3v) is 8.48. The van der Waals surface area contributed by atoms with E-state index in [4.69, 9.17) is 0 Å². The molecular formula is C30H36N4O4. The summed E-state index contributed by atoms with van der Waals surface area (Å²) in [5.74, 6) is -0.471. The molecule has 0 aromatic heterocycles. The highest BCUT2D eigenvalue weighted by molar-refractivity contribution is 6.16. The van der Waals surface area contributed by atoms with Crippen molar-refractivity contribution in [3.63, 3.8) is 0 Å². The van der Waals surface area contributed by atoms with Crippen LogP contribution < -0.4 is 10.2 Å². The number of piperidine rings is 1. The average molecular weight is 517 g/mol. The van der Waals surface area contributed by atoms with Gasteiger partial charge >= 0.3 is 6.03 Å². The lowest BCUT2D eigenvalue weighted by molar-refractivity contribution is -0.140. The van der Waals surface area contributed by atoms with Gasteiger partial charge in [0.25, 0.3) is 11.8 Å². The van der Waals surface area contributed by atoms with E-state index in [9.17, 15) is 19.2 Å². The minimum absolute atomic E-state index is 0.0857. The van der Waals surface area contributed by atoms with Gasteiger partial charge in [0.05, 0.1) is 0 Å². The predicted octanol–water partition coefficient (Wildman–Crippen LogP) is 4.13. The monoisotopic (exact) mass is 516 g/mol. The Labute approximate surface area is 224 Å². The molecule has 2 aromatic carbocycles. The second-order valence-corrected chi connectivity index (χ2v) is 10.9. The molecular weight excluding hydrogens is 480 g/mol. The van der Waals surface area contributed by atoms with Crippen LogP contribution in [-0.2, 0) is 9.59 Å². The van der Waals surface area contributed by atoms with E-state index in [0.29, 0.717) is 37.2 Å². The van der Waals surface area contributed by atoms with Crippen molar-refractivity contribution in [1.82, 2.24) is 15.1 Å². The maximum Gasteiger partial charge on any atom is 0.331 e. The lowest BCUT2D eigenvalue weighted by Crippen LogP contribution is -2.60. The Bertz CT molecular complexity index is 1220. The molecule has 5 rings (SSSR count). The number of carbonyl (C=O) groups is 4. The van der Waals surface area contributed by atoms with Crippen LogP contribution in [0.15, 0.2) is 54.6 Å². The third-order valence-electron chi connectivity index (χ3n) is 8.48. The first-order chi connectivity index (χ1) is 18.3. The normalized spacial score (nSPS) is 20.6. The molecule has 8 nitrogen and oxygen atoms in total. The number of imide groups is 1. The summed E-state index contributed by atoms with van der Waals surface area (Å²) in [7, 11) is 1.52. The van der Waals surface area contributed by atoms with E-state index in [1.54, 1.807) is 15.9 Å². The number of urea groups is 1. The number of anilines is 1. The Hall–Kier alpha value is -3.68. The summed E-state index contributed by atoms with van der Waals surface area (Å²) in [6, 6.07) is 15.7. The van der Waals surface area contributed by atoms with E-state index < -0.39 is 11.6 Å². The number of nitrogens with zero attached hydrogens (tertiary/aromatic N) is 3. The van der Waals surface area contributed by atoms with Crippen molar-refractivity contribution in [2.75, 3.05) is 25.0 Å². The first kappa shape index (κ1) is 25.9. The molecule has 3 fully saturated rings. The molecule has 0 radical (unpaired) electrons. The first-order valence-corrected chi connectivity index (χ1v) is 13.7. The van der Waals surface area contributed by atoms with Gasteiger partial charge in [-0.15, -0.1) is 0 Å². The molecule has 2 saturated heterocycles. The van der Waals surface area contributed by atoms with Gasteiger partial charge in [0.2, 0.25) is 5.91 Å². The standard InChI is InChI=1S/C30H36N4O4/c1-21-10-9-13-23(20-21)26(35)31-25(22-11-5-3-6-12-22)27(36)33-18-16-30(17-19-33)28(37)32(2)29(38)34(30)24-14-7-4-8-15-24/h4,7-10,13-15,20,22,25H,3,5-6,11-12,16-19H2,1-2H3,(H,31,35). The summed E-state index contributed by atoms with van der Waals surface area (Å²) in [6.45, 7) is 2.63. The van der Waals surface area contributed by atoms with Crippen LogP contribution in [0.4, 0.5) is 10.5 Å². The Balaban J connectivity index is 1.35. The van der Waals surface area contributed by atoms with E-state index in [-0.39, 0.29) is 29.7 Å². The van der Waals surface area contributed by atoms with Gasteiger partial charge in [-0.05, 0) is 62.8 Å². The number of rotatable bonds is 5. The minimum Gasteiger partial charge on any atom is -0.341 e. The number of para-hydroxylation sites is 1. The number of benzene rings is 2. The highest BCUT2D eigenvalue weighted by atomic mass is 16.2. The molecule has 1 saturated carbocycles. The van der Waals surface area contributed by atoms with Crippen LogP contribution in [0.25, 0.3) is 0 Å². The van der Waals surface area contributed by atoms with Crippen LogP contribution in [0.2, 0.25) is 0 Å². The van der Waals surface area contributed by atoms with Crippen molar-refractivity contribution < 1.29 is 19.2 Å². The summed E-state index contributed by atoms with van der Waals surface area (Å²) >= 11 is 0. The number of carbonyl (C=O) groups excluding carboxylic acids is 4. The fraction of sp³-hybridized carbons (Fsp3) is 0.467. The number of hydrogen-bond acceptors (Lipinski definition) is 4. The van der Waals surface area contributed by atoms with Crippen LogP contribution in [0.3, 0.4) is 0 Å². The minimum atomic E-state index is -1.00. The Morgan fingerprint density at radius 1 is 0.947 bits per heavy atom. The molecule has 200 valence electrons. The molecule has 3 aliphatic rings. The Morgan fingerprint density at radius 3 is 2.29 bits per heavy atom. The van der Waals surface area contributed by atoms with Crippen LogP contribution in [0, 0.1) is 12.8 Å². The molecule has 1 N–H and O–H groups in total. The van der Waals surface area contributed by atoms with E-state index in [1.807, 2.05) is 55.5 Å². The van der Waals surface area contributed by atoms with E-state index >= 15 is 0 Å². The first-order valence-electron chi connectivity index (χ1n) is 13.7. The molecule has 1 spiro atoms. The van der Waals surface area contributed by atoms with Gasteiger partial charge in [-0.3, -0.25) is 24.2 Å². The zero-order chi connectivity index (χ0) is 26.9. The maximum absolute atomic E-state index is 13.9. The van der Waals surface area contributed by atoms with Crippen molar-refractivity contribution in [2.45, 2.75) is 63.5 Å². The lowest BCUT2D eigenvalue weighted by atomic mass is 9.81. The van der Waals surface area contributed by atoms with Crippen molar-refractivity contribution in [3.8, 4) is 0 Å². The van der Waals surface area contributed by atoms with Gasteiger partial charge in [0, 0.05) is 31.4 Å². The van der Waals surface area contributed by atoms with Gasteiger partial charge in [0.1, 0.15) is 11.6 Å². The van der Waals surface area contributed by atoms with Gasteiger partial charge in [-0.25, -0.2) is 4.79 Å². The number of likely N-dealkylation sites (N-methyl/N-ethyl adjacent to an activating group) is 1. The number of likely N-dealkylation sites (tertiary alicyclic amines) is 1. The zero-order valence-corrected chi connectivity index (χ0v) is 22.2. The quantitative estimate of drug-likeness (QED) is 0.605. The van der Waals surface area contributed by atoms with E-state index in [1.165, 1.54) is 11.9 Å². The van der Waals surface area contributed by atoms with Crippen LogP contribution in [0.1, 0.15) is 60.9 Å². The van der Waals surface area contributed by atoms with E-state index in [0.717, 1.165) is 37.7 Å². The summed E-state index contributed by atoms with van der Waals surface area (Å²) in [6.07, 6.45) is 5.76. The highest BCUT2D eigenvalue weighted by Crippen LogP contribution is 2.40. The largest absolute Gasteiger partial charge is 0.341 e. The number of nitrogens with one attached hydrogen (secondary N) is 1. The number of hydrogen-bond donors (Lipinski definition) is 1. The van der Waals surface area contributed by atoms with Crippen LogP contribution in [-0.4, -0.2) is 65.3 Å². The summed E-state index contributed by atoms with van der Waals surface area (Å²) in [5, 5.41) is 3.08. The molecule has 2 heterocycles. The SMILES string of the molecule is Cc1cccc(C(=O)NC(C(=O)N2CCC3(CC2)C(=O)N(C)C(=O)N3c2ccccc2)C2CCCCC2)c1. The molecule has 5 amide bonds. The van der Waals surface area contributed by atoms with Crippen LogP contribution in [0.5, 0.6) is 0 Å². The highest BCUT2D eigenvalue weighted by Gasteiger charge is 2.58. The number of amides is 5. The molecule has 0 bridgehead atoms. The molecule has 2 aromatic rings. The van der Waals surface area contributed by atoms with Gasteiger partial charge < -0.3 is 10.2 Å². The topological polar surface area (TPSA) is 90.0 Å². The molecule has 8 heteroatoms. The van der Waals surface area contributed by atoms with Crippen LogP contribution >= 0.6 is 0 Å². The summed E-state index contributed by atoms with van der Waals surface area (Å²) in [4.78, 5) is 58.2. The fourth-order valence-electron chi connectivity index (χ4n) is 6.35. The molecule has 38 heavy (non-hydrogen) atoms. The number of aryl methyl sites for hydroxylation is 1. The fourth-order valence-corrected chi connectivity index (χ4v) is 6.35. The van der Waals surface area contributed by atoms with Gasteiger partial charge in [-0.1, -0.05) is 55.2 Å². The zero-order valence-electron chi connectivity index (χ0n) is 22.2. The van der Waals surface area contributed by atoms with Crippen molar-refractivity contribution in [3.05, 3.63) is 65.7 Å². The van der Waals surface area contributed by atoms with Crippen molar-refractivity contribution in [2.24, 2.45) is 5.92 Å². The third kappa shape index (κ3) is 4.68. The molecule has 2 aliphatic heterocycles. The Morgan fingerprint density at radius 2 is 1.63 bits per heavy atom. The van der Waals surface area contributed by atoms with Gasteiger partial charge in [0.15, 0.2) is 0 Å². The second kappa shape index (κ2) is 10.6. The molecule has 1 atom stereocenters. The summed E-state index contributed by atoms with van der Waals surface area (Å²) in [5.41, 5.74) is 1.21. The smallest absolute Gasteiger partial charge is 0.331 e. The predicted molar refractivity (Wildman–Crippen MR) is 145 cm³/mol. The van der Waals surface area contributed by atoms with Crippen molar-refractivity contribution in [1.29, 1.82) is 0 Å². The van der Waals surface area contributed by atoms with E-state index in [2.05, 4.69) is 5.32 Å². The summed E-state index contributed by atoms with van der Waals surface area (Å²) < 4.78 is 0. The van der Waals surface area contributed by atoms with Crippen molar-refractivity contribution >= 4 is 29.4 Å². The van der Waals surface area contributed by atoms with Gasteiger partial charge in [-0.2, -0.15) is 0 Å². The Kier molecular flexibility index (Phi) is 7.23. The molecule has 1 unspecified atom stereocenters. The molecule has 1 aliphatic carbocycles. The lowest BCUT2D eigenvalue weighted by Gasteiger charge is -2.43. The second-order valence-electron chi connectivity index (χ2n) is 10.9. The average Bonchev–Trinajstić information content (AvgIpc) is 3.13.